The van der Waals surface area contributed by atoms with E-state index in [2.05, 4.69) is 20.8 Å². The van der Waals surface area contributed by atoms with Crippen LogP contribution in [-0.4, -0.2) is 18.2 Å². The topological polar surface area (TPSA) is 52.6 Å². The summed E-state index contributed by atoms with van der Waals surface area (Å²) in [7, 11) is 0. The van der Waals surface area contributed by atoms with Crippen LogP contribution in [0.2, 0.25) is 0 Å². The van der Waals surface area contributed by atoms with Crippen LogP contribution in [0.3, 0.4) is 0 Å². The van der Waals surface area contributed by atoms with Crippen molar-refractivity contribution < 1.29 is 19.1 Å². The zero-order valence-electron chi connectivity index (χ0n) is 21.9. The van der Waals surface area contributed by atoms with Gasteiger partial charge in [-0.15, -0.1) is 0 Å². The van der Waals surface area contributed by atoms with Crippen LogP contribution in [0.5, 0.6) is 0 Å². The SMILES string of the molecule is CCCCCCCCCCCCC(=O)OC(C)OC(=O)CCCCCCCCCC(C)C. The molecule has 0 bridgehead atoms. The molecule has 0 saturated carbocycles. The highest BCUT2D eigenvalue weighted by atomic mass is 16.7. The van der Waals surface area contributed by atoms with Crippen molar-refractivity contribution in [2.75, 3.05) is 0 Å². The fourth-order valence-corrected chi connectivity index (χ4v) is 3.97. The molecule has 190 valence electrons. The number of carbonyl (C=O) groups is 2. The van der Waals surface area contributed by atoms with Gasteiger partial charge in [-0.25, -0.2) is 0 Å². The van der Waals surface area contributed by atoms with Gasteiger partial charge in [0.1, 0.15) is 0 Å². The van der Waals surface area contributed by atoms with Crippen molar-refractivity contribution in [3.05, 3.63) is 0 Å². The van der Waals surface area contributed by atoms with Crippen molar-refractivity contribution in [2.45, 2.75) is 162 Å². The molecule has 1 unspecified atom stereocenters. The number of hydrogen-bond donors (Lipinski definition) is 0. The zero-order valence-corrected chi connectivity index (χ0v) is 21.9. The van der Waals surface area contributed by atoms with E-state index in [9.17, 15) is 9.59 Å². The molecule has 0 amide bonds. The van der Waals surface area contributed by atoms with Gasteiger partial charge in [-0.05, 0) is 18.8 Å². The molecule has 0 aliphatic carbocycles. The van der Waals surface area contributed by atoms with Crippen LogP contribution in [0.4, 0.5) is 0 Å². The Morgan fingerprint density at radius 2 is 0.875 bits per heavy atom. The second-order valence-corrected chi connectivity index (χ2v) is 9.89. The lowest BCUT2D eigenvalue weighted by Crippen LogP contribution is -2.21. The molecule has 0 spiro atoms. The van der Waals surface area contributed by atoms with E-state index in [-0.39, 0.29) is 11.9 Å². The summed E-state index contributed by atoms with van der Waals surface area (Å²) in [5.74, 6) is 0.283. The largest absolute Gasteiger partial charge is 0.425 e. The summed E-state index contributed by atoms with van der Waals surface area (Å²) in [5, 5.41) is 0. The van der Waals surface area contributed by atoms with Gasteiger partial charge >= 0.3 is 11.9 Å². The third kappa shape index (κ3) is 23.6. The first-order valence-corrected chi connectivity index (χ1v) is 13.8. The lowest BCUT2D eigenvalue weighted by atomic mass is 10.0. The first kappa shape index (κ1) is 30.9. The van der Waals surface area contributed by atoms with E-state index >= 15 is 0 Å². The first-order valence-electron chi connectivity index (χ1n) is 13.8. The Morgan fingerprint density at radius 1 is 0.531 bits per heavy atom. The Labute approximate surface area is 199 Å². The van der Waals surface area contributed by atoms with Crippen LogP contribution in [0.15, 0.2) is 0 Å². The molecule has 32 heavy (non-hydrogen) atoms. The molecule has 0 aliphatic heterocycles. The molecule has 4 nitrogen and oxygen atoms in total. The summed E-state index contributed by atoms with van der Waals surface area (Å²) in [6, 6.07) is 0. The third-order valence-electron chi connectivity index (χ3n) is 5.99. The molecule has 0 fully saturated rings. The smallest absolute Gasteiger partial charge is 0.308 e. The molecule has 4 heteroatoms. The lowest BCUT2D eigenvalue weighted by Gasteiger charge is -2.14. The maximum absolute atomic E-state index is 11.9. The van der Waals surface area contributed by atoms with Crippen molar-refractivity contribution in [1.82, 2.24) is 0 Å². The fraction of sp³-hybridized carbons (Fsp3) is 0.929. The summed E-state index contributed by atoms with van der Waals surface area (Å²) in [6.45, 7) is 8.43. The number of unbranched alkanes of at least 4 members (excludes halogenated alkanes) is 15. The van der Waals surface area contributed by atoms with Gasteiger partial charge in [-0.1, -0.05) is 124 Å². The van der Waals surface area contributed by atoms with E-state index < -0.39 is 6.29 Å². The third-order valence-corrected chi connectivity index (χ3v) is 5.99. The van der Waals surface area contributed by atoms with Gasteiger partial charge in [0.15, 0.2) is 0 Å². The van der Waals surface area contributed by atoms with E-state index in [1.54, 1.807) is 6.92 Å². The van der Waals surface area contributed by atoms with Gasteiger partial charge in [0.25, 0.3) is 0 Å². The summed E-state index contributed by atoms with van der Waals surface area (Å²) in [4.78, 5) is 23.8. The Kier molecular flexibility index (Phi) is 22.3. The average molecular weight is 455 g/mol. The molecule has 0 heterocycles. The summed E-state index contributed by atoms with van der Waals surface area (Å²) >= 11 is 0. The molecule has 0 saturated heterocycles. The number of ether oxygens (including phenoxy) is 2. The van der Waals surface area contributed by atoms with Gasteiger partial charge in [0, 0.05) is 19.8 Å². The first-order chi connectivity index (χ1) is 15.5. The van der Waals surface area contributed by atoms with Crippen molar-refractivity contribution in [1.29, 1.82) is 0 Å². The molecule has 1 atom stereocenters. The summed E-state index contributed by atoms with van der Waals surface area (Å²) < 4.78 is 10.4. The Balaban J connectivity index is 3.48. The lowest BCUT2D eigenvalue weighted by molar-refractivity contribution is -0.184. The number of rotatable bonds is 23. The van der Waals surface area contributed by atoms with Crippen molar-refractivity contribution in [2.24, 2.45) is 5.92 Å². The molecule has 0 aromatic carbocycles. The molecule has 0 aromatic rings. The van der Waals surface area contributed by atoms with Crippen molar-refractivity contribution >= 4 is 11.9 Å². The minimum absolute atomic E-state index is 0.262. The Bertz CT molecular complexity index is 433. The minimum atomic E-state index is -0.779. The van der Waals surface area contributed by atoms with Gasteiger partial charge in [-0.2, -0.15) is 0 Å². The predicted octanol–water partition coefficient (Wildman–Crippen LogP) is 8.90. The quantitative estimate of drug-likeness (QED) is 0.0878. The fourth-order valence-electron chi connectivity index (χ4n) is 3.97. The van der Waals surface area contributed by atoms with E-state index in [1.807, 2.05) is 0 Å². The molecule has 0 N–H and O–H groups in total. The van der Waals surface area contributed by atoms with Crippen LogP contribution in [0.1, 0.15) is 156 Å². The average Bonchev–Trinajstić information content (AvgIpc) is 2.73. The van der Waals surface area contributed by atoms with E-state index in [1.165, 1.54) is 89.9 Å². The molecule has 0 rings (SSSR count). The minimum Gasteiger partial charge on any atom is -0.425 e. The second kappa shape index (κ2) is 23.1. The molecule has 0 radical (unpaired) electrons. The summed E-state index contributed by atoms with van der Waals surface area (Å²) in [5.41, 5.74) is 0. The summed E-state index contributed by atoms with van der Waals surface area (Å²) in [6.07, 6.45) is 22.0. The molecular formula is C28H54O4. The van der Waals surface area contributed by atoms with E-state index in [0.29, 0.717) is 12.8 Å². The van der Waals surface area contributed by atoms with Crippen molar-refractivity contribution in [3.8, 4) is 0 Å². The van der Waals surface area contributed by atoms with Crippen LogP contribution in [-0.2, 0) is 19.1 Å². The van der Waals surface area contributed by atoms with Gasteiger partial charge in [0.05, 0.1) is 0 Å². The van der Waals surface area contributed by atoms with Gasteiger partial charge in [0.2, 0.25) is 6.29 Å². The normalized spacial score (nSPS) is 12.2. The maximum atomic E-state index is 11.9. The van der Waals surface area contributed by atoms with E-state index in [0.717, 1.165) is 31.6 Å². The number of esters is 2. The molecule has 0 aromatic heterocycles. The van der Waals surface area contributed by atoms with Crippen LogP contribution in [0, 0.1) is 5.92 Å². The second-order valence-electron chi connectivity index (χ2n) is 9.89. The van der Waals surface area contributed by atoms with Crippen LogP contribution < -0.4 is 0 Å². The zero-order chi connectivity index (χ0) is 23.9. The highest BCUT2D eigenvalue weighted by molar-refractivity contribution is 5.71. The molecule has 0 aliphatic rings. The Hall–Kier alpha value is -1.06. The highest BCUT2D eigenvalue weighted by Gasteiger charge is 2.13. The Morgan fingerprint density at radius 3 is 1.25 bits per heavy atom. The predicted molar refractivity (Wildman–Crippen MR) is 134 cm³/mol. The maximum Gasteiger partial charge on any atom is 0.308 e. The van der Waals surface area contributed by atoms with Crippen molar-refractivity contribution in [3.63, 3.8) is 0 Å². The number of hydrogen-bond acceptors (Lipinski definition) is 4. The monoisotopic (exact) mass is 454 g/mol. The van der Waals surface area contributed by atoms with Crippen LogP contribution in [0.25, 0.3) is 0 Å². The van der Waals surface area contributed by atoms with Gasteiger partial charge in [-0.3, -0.25) is 9.59 Å². The highest BCUT2D eigenvalue weighted by Crippen LogP contribution is 2.14. The molecular weight excluding hydrogens is 400 g/mol. The standard InChI is InChI=1S/C28H54O4/c1-5-6-7-8-9-10-11-14-17-20-23-27(29)31-26(4)32-28(30)24-21-18-15-12-13-16-19-22-25(2)3/h25-26H,5-24H2,1-4H3. The van der Waals surface area contributed by atoms with Crippen LogP contribution >= 0.6 is 0 Å². The number of carbonyl (C=O) groups excluding carboxylic acids is 2. The van der Waals surface area contributed by atoms with E-state index in [4.69, 9.17) is 9.47 Å². The van der Waals surface area contributed by atoms with Gasteiger partial charge < -0.3 is 9.47 Å².